The average molecular weight is 200 g/mol. The number of aromatic nitrogens is 1. The Bertz CT molecular complexity index is 201. The molecule has 0 aliphatic heterocycles. The van der Waals surface area contributed by atoms with Gasteiger partial charge in [0.05, 0.1) is 5.01 Å². The summed E-state index contributed by atoms with van der Waals surface area (Å²) < 4.78 is 4.94. The van der Waals surface area contributed by atoms with Crippen LogP contribution < -0.4 is 5.32 Å². The molecule has 0 atom stereocenters. The van der Waals surface area contributed by atoms with Crippen molar-refractivity contribution in [2.24, 2.45) is 0 Å². The average Bonchev–Trinajstić information content (AvgIpc) is 2.63. The van der Waals surface area contributed by atoms with E-state index in [1.54, 1.807) is 18.4 Å². The van der Waals surface area contributed by atoms with E-state index >= 15 is 0 Å². The molecular weight excluding hydrogens is 184 g/mol. The lowest BCUT2D eigenvalue weighted by molar-refractivity contribution is 0.194. The summed E-state index contributed by atoms with van der Waals surface area (Å²) in [4.78, 5) is 4.20. The maximum Gasteiger partial charge on any atom is 0.0937 e. The molecule has 0 bridgehead atoms. The molecule has 1 heterocycles. The molecule has 0 spiro atoms. The zero-order valence-corrected chi connectivity index (χ0v) is 8.77. The SMILES string of the molecule is COCCCNCCc1nccs1. The molecule has 0 aliphatic rings. The molecular formula is C9H16N2OS. The molecule has 4 heteroatoms. The highest BCUT2D eigenvalue weighted by molar-refractivity contribution is 7.09. The van der Waals surface area contributed by atoms with E-state index in [-0.39, 0.29) is 0 Å². The number of nitrogens with one attached hydrogen (secondary N) is 1. The maximum atomic E-state index is 4.94. The van der Waals surface area contributed by atoms with Gasteiger partial charge in [-0.25, -0.2) is 4.98 Å². The second-order valence-corrected chi connectivity index (χ2v) is 3.75. The first-order chi connectivity index (χ1) is 6.43. The van der Waals surface area contributed by atoms with Gasteiger partial charge in [-0.15, -0.1) is 11.3 Å². The zero-order chi connectivity index (χ0) is 9.36. The van der Waals surface area contributed by atoms with Crippen molar-refractivity contribution in [1.82, 2.24) is 10.3 Å². The minimum absolute atomic E-state index is 0.838. The number of ether oxygens (including phenoxy) is 1. The largest absolute Gasteiger partial charge is 0.385 e. The van der Waals surface area contributed by atoms with E-state index in [0.717, 1.165) is 32.5 Å². The summed E-state index contributed by atoms with van der Waals surface area (Å²) in [7, 11) is 1.73. The number of methoxy groups -OCH3 is 1. The van der Waals surface area contributed by atoms with Crippen molar-refractivity contribution in [2.75, 3.05) is 26.8 Å². The van der Waals surface area contributed by atoms with E-state index in [1.165, 1.54) is 5.01 Å². The number of thiazole rings is 1. The van der Waals surface area contributed by atoms with Crippen molar-refractivity contribution < 1.29 is 4.74 Å². The predicted octanol–water partition coefficient (Wildman–Crippen LogP) is 1.31. The first-order valence-corrected chi connectivity index (χ1v) is 5.39. The Hall–Kier alpha value is -0.450. The molecule has 0 fully saturated rings. The van der Waals surface area contributed by atoms with Crippen LogP contribution in [0.3, 0.4) is 0 Å². The monoisotopic (exact) mass is 200 g/mol. The Morgan fingerprint density at radius 2 is 2.46 bits per heavy atom. The molecule has 1 aromatic rings. The molecule has 0 unspecified atom stereocenters. The van der Waals surface area contributed by atoms with Crippen LogP contribution >= 0.6 is 11.3 Å². The molecule has 0 saturated carbocycles. The topological polar surface area (TPSA) is 34.1 Å². The van der Waals surface area contributed by atoms with E-state index in [2.05, 4.69) is 10.3 Å². The molecule has 1 N–H and O–H groups in total. The highest BCUT2D eigenvalue weighted by Crippen LogP contribution is 2.03. The molecule has 13 heavy (non-hydrogen) atoms. The van der Waals surface area contributed by atoms with Crippen molar-refractivity contribution in [3.8, 4) is 0 Å². The Kier molecular flexibility index (Phi) is 5.73. The number of hydrogen-bond acceptors (Lipinski definition) is 4. The van der Waals surface area contributed by atoms with Gasteiger partial charge in [-0.05, 0) is 13.0 Å². The summed E-state index contributed by atoms with van der Waals surface area (Å²) in [5.74, 6) is 0. The summed E-state index contributed by atoms with van der Waals surface area (Å²) in [6.07, 6.45) is 3.96. The molecule has 0 aliphatic carbocycles. The number of hydrogen-bond donors (Lipinski definition) is 1. The first kappa shape index (κ1) is 10.6. The van der Waals surface area contributed by atoms with Crippen LogP contribution in [0.4, 0.5) is 0 Å². The number of nitrogens with zero attached hydrogens (tertiary/aromatic N) is 1. The normalized spacial score (nSPS) is 10.5. The lowest BCUT2D eigenvalue weighted by Gasteiger charge is -2.01. The van der Waals surface area contributed by atoms with Crippen LogP contribution in [0.15, 0.2) is 11.6 Å². The van der Waals surface area contributed by atoms with Crippen molar-refractivity contribution in [2.45, 2.75) is 12.8 Å². The van der Waals surface area contributed by atoms with Gasteiger partial charge in [0.25, 0.3) is 0 Å². The third-order valence-corrected chi connectivity index (χ3v) is 2.54. The van der Waals surface area contributed by atoms with Gasteiger partial charge in [-0.2, -0.15) is 0 Å². The predicted molar refractivity (Wildman–Crippen MR) is 55.2 cm³/mol. The lowest BCUT2D eigenvalue weighted by Crippen LogP contribution is -2.19. The van der Waals surface area contributed by atoms with Crippen LogP contribution in [0.2, 0.25) is 0 Å². The first-order valence-electron chi connectivity index (χ1n) is 4.51. The summed E-state index contributed by atoms with van der Waals surface area (Å²) in [6.45, 7) is 2.88. The molecule has 0 radical (unpaired) electrons. The van der Waals surface area contributed by atoms with E-state index < -0.39 is 0 Å². The fourth-order valence-electron chi connectivity index (χ4n) is 1.04. The van der Waals surface area contributed by atoms with Gasteiger partial charge in [-0.1, -0.05) is 0 Å². The summed E-state index contributed by atoms with van der Waals surface area (Å²) in [6, 6.07) is 0. The number of rotatable bonds is 7. The highest BCUT2D eigenvalue weighted by atomic mass is 32.1. The standard InChI is InChI=1S/C9H16N2OS/c1-12-7-2-4-10-5-3-9-11-6-8-13-9/h6,8,10H,2-5,7H2,1H3. The van der Waals surface area contributed by atoms with Gasteiger partial charge < -0.3 is 10.1 Å². The zero-order valence-electron chi connectivity index (χ0n) is 7.95. The maximum absolute atomic E-state index is 4.94. The fraction of sp³-hybridized carbons (Fsp3) is 0.667. The lowest BCUT2D eigenvalue weighted by atomic mass is 10.4. The van der Waals surface area contributed by atoms with Crippen LogP contribution in [0.25, 0.3) is 0 Å². The Morgan fingerprint density at radius 3 is 3.15 bits per heavy atom. The van der Waals surface area contributed by atoms with Crippen molar-refractivity contribution in [3.63, 3.8) is 0 Å². The molecule has 3 nitrogen and oxygen atoms in total. The molecule has 74 valence electrons. The molecule has 1 rings (SSSR count). The van der Waals surface area contributed by atoms with E-state index in [0.29, 0.717) is 0 Å². The van der Waals surface area contributed by atoms with Crippen molar-refractivity contribution in [1.29, 1.82) is 0 Å². The van der Waals surface area contributed by atoms with Gasteiger partial charge in [0, 0.05) is 38.3 Å². The molecule has 0 saturated heterocycles. The Labute approximate surface area is 83.1 Å². The minimum Gasteiger partial charge on any atom is -0.385 e. The van der Waals surface area contributed by atoms with Crippen molar-refractivity contribution in [3.05, 3.63) is 16.6 Å². The van der Waals surface area contributed by atoms with Crippen LogP contribution in [0.5, 0.6) is 0 Å². The van der Waals surface area contributed by atoms with Gasteiger partial charge in [-0.3, -0.25) is 0 Å². The molecule has 1 aromatic heterocycles. The Balaban J connectivity index is 1.90. The summed E-state index contributed by atoms with van der Waals surface area (Å²) in [5.41, 5.74) is 0. The minimum atomic E-state index is 0.838. The van der Waals surface area contributed by atoms with Gasteiger partial charge in [0.15, 0.2) is 0 Å². The van der Waals surface area contributed by atoms with E-state index in [4.69, 9.17) is 4.74 Å². The third kappa shape index (κ3) is 4.98. The summed E-state index contributed by atoms with van der Waals surface area (Å²) in [5, 5.41) is 6.57. The molecule has 0 aromatic carbocycles. The Morgan fingerprint density at radius 1 is 1.54 bits per heavy atom. The van der Waals surface area contributed by atoms with Crippen LogP contribution in [0.1, 0.15) is 11.4 Å². The third-order valence-electron chi connectivity index (χ3n) is 1.70. The van der Waals surface area contributed by atoms with Gasteiger partial charge in [0.1, 0.15) is 0 Å². The highest BCUT2D eigenvalue weighted by Gasteiger charge is 1.93. The van der Waals surface area contributed by atoms with Crippen molar-refractivity contribution >= 4 is 11.3 Å². The van der Waals surface area contributed by atoms with Gasteiger partial charge >= 0.3 is 0 Å². The quantitative estimate of drug-likeness (QED) is 0.674. The second-order valence-electron chi connectivity index (χ2n) is 2.77. The fourth-order valence-corrected chi connectivity index (χ4v) is 1.66. The summed E-state index contributed by atoms with van der Waals surface area (Å²) >= 11 is 1.72. The smallest absolute Gasteiger partial charge is 0.0937 e. The molecule has 0 amide bonds. The second kappa shape index (κ2) is 7.00. The van der Waals surface area contributed by atoms with Crippen LogP contribution in [-0.4, -0.2) is 31.8 Å². The van der Waals surface area contributed by atoms with Crippen LogP contribution in [0, 0.1) is 0 Å². The van der Waals surface area contributed by atoms with Gasteiger partial charge in [0.2, 0.25) is 0 Å². The van der Waals surface area contributed by atoms with Crippen LogP contribution in [-0.2, 0) is 11.2 Å². The van der Waals surface area contributed by atoms with E-state index in [1.807, 2.05) is 11.6 Å². The van der Waals surface area contributed by atoms with E-state index in [9.17, 15) is 0 Å².